The summed E-state index contributed by atoms with van der Waals surface area (Å²) in [7, 11) is 8.68. The first-order valence-corrected chi connectivity index (χ1v) is 39.1. The van der Waals surface area contributed by atoms with Crippen LogP contribution in [0.2, 0.25) is 0 Å². The summed E-state index contributed by atoms with van der Waals surface area (Å²) >= 11 is 0. The first-order valence-electron chi connectivity index (χ1n) is 39.1. The molecule has 26 nitrogen and oxygen atoms in total. The zero-order chi connectivity index (χ0) is 82.6. The van der Waals surface area contributed by atoms with E-state index >= 15 is 0 Å². The lowest BCUT2D eigenvalue weighted by atomic mass is 9.71. The minimum atomic E-state index is -1.83. The fourth-order valence-electron chi connectivity index (χ4n) is 15.8. The molecule has 622 valence electrons. The molecule has 1 unspecified atom stereocenters. The summed E-state index contributed by atoms with van der Waals surface area (Å²) in [5, 5.41) is 84.6. The molecule has 4 saturated heterocycles. The van der Waals surface area contributed by atoms with Crippen molar-refractivity contribution >= 4 is 52.4 Å². The van der Waals surface area contributed by atoms with Gasteiger partial charge in [-0.1, -0.05) is 119 Å². The first kappa shape index (κ1) is 98.4. The minimum Gasteiger partial charge on any atom is -0.459 e. The number of aliphatic hydroxyl groups excluding tert-OH is 3. The maximum absolute atomic E-state index is 13.3. The van der Waals surface area contributed by atoms with Crippen LogP contribution in [0.1, 0.15) is 218 Å². The lowest BCUT2D eigenvalue weighted by Crippen LogP contribution is -2.56. The van der Waals surface area contributed by atoms with Crippen molar-refractivity contribution in [1.29, 1.82) is 0 Å². The Morgan fingerprint density at radius 2 is 0.766 bits per heavy atom. The van der Waals surface area contributed by atoms with Gasteiger partial charge in [0.15, 0.2) is 0 Å². The summed E-state index contributed by atoms with van der Waals surface area (Å²) in [4.78, 5) is 97.5. The molecule has 28 atom stereocenters. The largest absolute Gasteiger partial charge is 0.459 e. The van der Waals surface area contributed by atoms with E-state index in [1.807, 2.05) is 95.2 Å². The maximum Gasteiger partial charge on any atom is 0.316 e. The molecular formula is C80H144FN5O21. The number of carbonyl (C=O) groups excluding carboxylic acids is 6. The lowest BCUT2D eigenvalue weighted by molar-refractivity contribution is -0.187. The number of alkyl halides is 1. The van der Waals surface area contributed by atoms with E-state index in [4.69, 9.17) is 42.9 Å². The highest BCUT2D eigenvalue weighted by atomic mass is 19.1. The number of cyclic esters (lactones) is 3. The molecule has 4 aliphatic heterocycles. The number of likely N-dealkylation sites (N-methyl/N-ethyl adjacent to an activating group) is 1. The van der Waals surface area contributed by atoms with Crippen molar-refractivity contribution in [3.8, 4) is 0 Å². The van der Waals surface area contributed by atoms with E-state index < -0.39 is 148 Å². The molecule has 0 radical (unpaired) electrons. The average Bonchev–Trinajstić information content (AvgIpc) is 1.17. The number of nitrogens with one attached hydrogen (secondary N) is 1. The molecule has 0 bridgehead atoms. The Labute approximate surface area is 639 Å². The van der Waals surface area contributed by atoms with Gasteiger partial charge in [-0.3, -0.25) is 33.2 Å². The summed E-state index contributed by atoms with van der Waals surface area (Å²) in [6, 6.07) is 0. The van der Waals surface area contributed by atoms with Crippen LogP contribution >= 0.6 is 0 Å². The Kier molecular flexibility index (Phi) is 39.4. The van der Waals surface area contributed by atoms with E-state index in [-0.39, 0.29) is 91.3 Å². The van der Waals surface area contributed by atoms with E-state index in [1.54, 1.807) is 69.8 Å². The van der Waals surface area contributed by atoms with Gasteiger partial charge in [0.05, 0.1) is 58.9 Å². The SMILES string of the molecule is CC[C@H]1OC(=O)[C@H](C)C(=O)[C@H](C)[C@@H](C)[C@](C)(OC)C[C@@H](C)C(=NOC2CCNC2)[C@H](C)[C@@H](O)[C@]1(C)O.CC[C@H]1OC(=O)[C@H](C)C(=O)[C@H](C)[C@@H](C)[C@](C)(OC)C[C@@H](C)C(=NOCCCF)[C@H](C)[C@@H](O)[C@]1(C)O.CC[C@H]1OC(=O)[C@H](C)C(=O)[C@H](C)[C@@H](C)[C@](C)(OC)C[C@@H](C)C(=NOCCN(C)C)[C@H](C)[C@@H](O)[C@]1(C)O. The molecular weight excluding hydrogens is 1390 g/mol. The molecule has 0 aliphatic carbocycles. The van der Waals surface area contributed by atoms with Gasteiger partial charge in [0.1, 0.15) is 89.5 Å². The molecule has 0 spiro atoms. The first-order chi connectivity index (χ1) is 49.4. The van der Waals surface area contributed by atoms with Crippen LogP contribution in [-0.4, -0.2) is 239 Å². The van der Waals surface area contributed by atoms with Crippen LogP contribution in [0, 0.1) is 88.8 Å². The monoisotopic (exact) mass is 1530 g/mol. The van der Waals surface area contributed by atoms with Crippen LogP contribution in [0.5, 0.6) is 0 Å². The van der Waals surface area contributed by atoms with Crippen LogP contribution in [-0.2, 0) is 71.7 Å². The van der Waals surface area contributed by atoms with Crippen LogP contribution in [0.25, 0.3) is 0 Å². The van der Waals surface area contributed by atoms with Gasteiger partial charge in [0.25, 0.3) is 0 Å². The fourth-order valence-corrected chi connectivity index (χ4v) is 15.8. The second kappa shape index (κ2) is 42.8. The predicted molar refractivity (Wildman–Crippen MR) is 409 cm³/mol. The second-order valence-corrected chi connectivity index (χ2v) is 33.1. The van der Waals surface area contributed by atoms with Crippen LogP contribution in [0.4, 0.5) is 4.39 Å². The number of carbonyl (C=O) groups is 6. The van der Waals surface area contributed by atoms with Crippen LogP contribution < -0.4 is 5.32 Å². The summed E-state index contributed by atoms with van der Waals surface area (Å²) in [5.74, 6) is -10.7. The molecule has 7 N–H and O–H groups in total. The molecule has 0 aromatic heterocycles. The number of rotatable bonds is 16. The summed E-state index contributed by atoms with van der Waals surface area (Å²) in [6.45, 7) is 44.5. The summed E-state index contributed by atoms with van der Waals surface area (Å²) in [6.07, 6.45) is -3.92. The second-order valence-electron chi connectivity index (χ2n) is 33.1. The number of esters is 3. The van der Waals surface area contributed by atoms with Crippen molar-refractivity contribution in [3.05, 3.63) is 0 Å². The summed E-state index contributed by atoms with van der Waals surface area (Å²) in [5.41, 5.74) is -6.00. The highest BCUT2D eigenvalue weighted by molar-refractivity contribution is 6.01. The highest BCUT2D eigenvalue weighted by Gasteiger charge is 2.53. The zero-order valence-electron chi connectivity index (χ0n) is 70.6. The normalized spacial score (nSPS) is 42.3. The number of methoxy groups -OCH3 is 3. The number of hydrogen-bond donors (Lipinski definition) is 7. The number of hydrogen-bond acceptors (Lipinski definition) is 26. The Morgan fingerprint density at radius 3 is 1.02 bits per heavy atom. The molecule has 27 heteroatoms. The van der Waals surface area contributed by atoms with Crippen molar-refractivity contribution in [2.75, 3.05) is 74.9 Å². The Morgan fingerprint density at radius 1 is 0.477 bits per heavy atom. The highest BCUT2D eigenvalue weighted by Crippen LogP contribution is 2.43. The third kappa shape index (κ3) is 24.9. The molecule has 107 heavy (non-hydrogen) atoms. The molecule has 4 aliphatic rings. The van der Waals surface area contributed by atoms with E-state index in [0.29, 0.717) is 56.1 Å². The van der Waals surface area contributed by atoms with Gasteiger partial charge in [0.2, 0.25) is 0 Å². The fraction of sp³-hybridized carbons (Fsp3) is 0.887. The topological polar surface area (TPSA) is 359 Å². The Bertz CT molecular complexity index is 2910. The standard InChI is InChI=1S/C27H48N2O7.C27H50N2O7.C26H46FNO7/c1-10-21-27(8,33)24(31)17(4)22(29-36-20-11-12-28-14-20)15(2)13-26(7,34-9)19(6)16(3)23(30)18(5)25(32)35-21;1-12-21-27(8,33)24(31)18(4)22(28-35-14-13-29(9)10)16(2)15-26(7,34-11)20(6)17(3)23(30)19(5)25(32)36-21;1-10-20-26(8,32)23(30)17(4)21(28-34-13-11-12-27)15(2)14-25(7,33-9)19(6)16(3)22(29)18(5)24(31)35-20/h15-21,24,28,31,33H,10-14H2,1-9H3;16-21,24,31,33H,12-15H2,1-11H3;15-20,23,30,32H,10-14H2,1-9H3/t15-,16-,17+,18-,19-,20?,21-,24-,26-,27-;16-,17-,18+,19-,20-,21-,24-,26-,27-;15-,16-,17+,18-,19-,20-,23-,25-,26-/m111/s1. The van der Waals surface area contributed by atoms with Gasteiger partial charge in [0, 0.05) is 101 Å². The number of ether oxygens (including phenoxy) is 6. The maximum atomic E-state index is 13.3. The zero-order valence-corrected chi connectivity index (χ0v) is 70.6. The van der Waals surface area contributed by atoms with Crippen molar-refractivity contribution in [2.45, 2.75) is 294 Å². The average molecular weight is 1530 g/mol. The van der Waals surface area contributed by atoms with E-state index in [1.165, 1.54) is 41.5 Å². The third-order valence-electron chi connectivity index (χ3n) is 25.0. The molecule has 0 aromatic carbocycles. The Balaban J connectivity index is 0.000000545. The van der Waals surface area contributed by atoms with E-state index in [2.05, 4.69) is 20.8 Å². The van der Waals surface area contributed by atoms with Gasteiger partial charge in [-0.15, -0.1) is 0 Å². The Hall–Kier alpha value is -4.68. The van der Waals surface area contributed by atoms with Crippen LogP contribution in [0.15, 0.2) is 15.5 Å². The smallest absolute Gasteiger partial charge is 0.316 e. The van der Waals surface area contributed by atoms with Gasteiger partial charge < -0.3 is 83.8 Å². The van der Waals surface area contributed by atoms with Crippen molar-refractivity contribution < 1.29 is 107 Å². The number of oxime groups is 3. The van der Waals surface area contributed by atoms with Gasteiger partial charge in [-0.2, -0.15) is 0 Å². The minimum absolute atomic E-state index is 0.0705. The number of Topliss-reactive ketones (excluding diaryl/α,β-unsaturated/α-hetero) is 3. The van der Waals surface area contributed by atoms with Crippen molar-refractivity contribution in [2.24, 2.45) is 104 Å². The molecule has 4 heterocycles. The van der Waals surface area contributed by atoms with Crippen molar-refractivity contribution in [3.63, 3.8) is 0 Å². The quantitative estimate of drug-likeness (QED) is 0.0249. The molecule has 0 amide bonds. The lowest BCUT2D eigenvalue weighted by Gasteiger charge is -2.43. The number of aliphatic hydroxyl groups is 6. The van der Waals surface area contributed by atoms with Gasteiger partial charge in [-0.25, -0.2) is 0 Å². The third-order valence-corrected chi connectivity index (χ3v) is 25.0. The molecule has 4 rings (SSSR count). The van der Waals surface area contributed by atoms with Gasteiger partial charge in [-0.05, 0) is 139 Å². The van der Waals surface area contributed by atoms with E-state index in [0.717, 1.165) is 13.0 Å². The van der Waals surface area contributed by atoms with Gasteiger partial charge >= 0.3 is 17.9 Å². The van der Waals surface area contributed by atoms with Crippen LogP contribution in [0.3, 0.4) is 0 Å². The molecule has 0 saturated carbocycles. The molecule has 0 aromatic rings. The number of ketones is 3. The molecule has 4 fully saturated rings. The summed E-state index contributed by atoms with van der Waals surface area (Å²) < 4.78 is 47.3. The van der Waals surface area contributed by atoms with Crippen molar-refractivity contribution in [1.82, 2.24) is 10.2 Å². The number of nitrogens with zero attached hydrogens (tertiary/aromatic N) is 4. The predicted octanol–water partition coefficient (Wildman–Crippen LogP) is 9.34. The number of halogens is 1. The van der Waals surface area contributed by atoms with E-state index in [9.17, 15) is 63.8 Å².